The normalized spacial score (nSPS) is 15.7. The van der Waals surface area contributed by atoms with Crippen molar-refractivity contribution in [3.8, 4) is 0 Å². The Morgan fingerprint density at radius 3 is 2.85 bits per heavy atom. The largest absolute Gasteiger partial charge is 0.384 e. The van der Waals surface area contributed by atoms with E-state index in [0.29, 0.717) is 6.61 Å². The number of hydrogen-bond acceptors (Lipinski definition) is 3. The van der Waals surface area contributed by atoms with E-state index in [9.17, 15) is 5.11 Å². The van der Waals surface area contributed by atoms with Crippen LogP contribution in [0.2, 0.25) is 0 Å². The lowest BCUT2D eigenvalue weighted by Gasteiger charge is -2.18. The lowest BCUT2D eigenvalue weighted by Crippen LogP contribution is -2.20. The van der Waals surface area contributed by atoms with Gasteiger partial charge in [-0.2, -0.15) is 5.10 Å². The van der Waals surface area contributed by atoms with Gasteiger partial charge in [0.2, 0.25) is 0 Å². The van der Waals surface area contributed by atoms with Crippen LogP contribution in [-0.2, 0) is 11.8 Å². The second-order valence-corrected chi connectivity index (χ2v) is 2.98. The van der Waals surface area contributed by atoms with Crippen LogP contribution >= 0.6 is 0 Å². The molecule has 4 heteroatoms. The maximum atomic E-state index is 9.80. The van der Waals surface area contributed by atoms with Crippen molar-refractivity contribution in [1.29, 1.82) is 0 Å². The Labute approximate surface area is 78.1 Å². The van der Waals surface area contributed by atoms with E-state index in [1.54, 1.807) is 24.0 Å². The van der Waals surface area contributed by atoms with Crippen molar-refractivity contribution in [2.24, 2.45) is 7.05 Å². The molecule has 0 aliphatic rings. The van der Waals surface area contributed by atoms with E-state index in [2.05, 4.69) is 5.10 Å². The molecule has 74 valence electrons. The fraction of sp³-hybridized carbons (Fsp3) is 0.667. The van der Waals surface area contributed by atoms with Gasteiger partial charge in [0, 0.05) is 19.9 Å². The Morgan fingerprint density at radius 2 is 2.38 bits per heavy atom. The van der Waals surface area contributed by atoms with Crippen LogP contribution in [0.15, 0.2) is 12.3 Å². The highest BCUT2D eigenvalue weighted by Crippen LogP contribution is 2.17. The predicted molar refractivity (Wildman–Crippen MR) is 49.3 cm³/mol. The number of nitrogens with zero attached hydrogens (tertiary/aromatic N) is 2. The van der Waals surface area contributed by atoms with Crippen LogP contribution in [0.25, 0.3) is 0 Å². The van der Waals surface area contributed by atoms with Crippen LogP contribution in [0.3, 0.4) is 0 Å². The number of aliphatic hydroxyl groups excluding tert-OH is 1. The molecule has 0 saturated heterocycles. The summed E-state index contributed by atoms with van der Waals surface area (Å²) in [7, 11) is 1.80. The molecule has 1 aromatic rings. The first-order valence-electron chi connectivity index (χ1n) is 4.44. The minimum absolute atomic E-state index is 0.194. The molecule has 13 heavy (non-hydrogen) atoms. The van der Waals surface area contributed by atoms with Gasteiger partial charge in [-0.3, -0.25) is 4.68 Å². The van der Waals surface area contributed by atoms with E-state index in [4.69, 9.17) is 4.74 Å². The van der Waals surface area contributed by atoms with Gasteiger partial charge in [0.05, 0.1) is 11.8 Å². The van der Waals surface area contributed by atoms with E-state index in [1.807, 2.05) is 13.8 Å². The van der Waals surface area contributed by atoms with Crippen LogP contribution in [0.1, 0.15) is 25.6 Å². The molecule has 1 N–H and O–H groups in total. The summed E-state index contributed by atoms with van der Waals surface area (Å²) in [5.74, 6) is 0. The van der Waals surface area contributed by atoms with Gasteiger partial charge in [-0.1, -0.05) is 0 Å². The molecule has 0 spiro atoms. The van der Waals surface area contributed by atoms with Crippen molar-refractivity contribution in [2.45, 2.75) is 26.1 Å². The summed E-state index contributed by atoms with van der Waals surface area (Å²) in [6, 6.07) is 1.79. The van der Waals surface area contributed by atoms with E-state index in [1.165, 1.54) is 0 Å². The summed E-state index contributed by atoms with van der Waals surface area (Å²) in [5, 5.41) is 13.8. The van der Waals surface area contributed by atoms with Crippen LogP contribution in [0.5, 0.6) is 0 Å². The molecule has 0 saturated carbocycles. The number of aliphatic hydroxyl groups is 1. The van der Waals surface area contributed by atoms with Crippen molar-refractivity contribution in [1.82, 2.24) is 9.78 Å². The molecule has 0 fully saturated rings. The zero-order valence-electron chi connectivity index (χ0n) is 8.27. The molecule has 0 aromatic carbocycles. The fourth-order valence-electron chi connectivity index (χ4n) is 1.27. The Morgan fingerprint density at radius 1 is 1.69 bits per heavy atom. The highest BCUT2D eigenvalue weighted by atomic mass is 16.5. The average Bonchev–Trinajstić information content (AvgIpc) is 2.50. The second kappa shape index (κ2) is 4.39. The molecule has 2 atom stereocenters. The van der Waals surface area contributed by atoms with E-state index < -0.39 is 6.10 Å². The number of aromatic nitrogens is 2. The van der Waals surface area contributed by atoms with Crippen LogP contribution in [0.4, 0.5) is 0 Å². The predicted octanol–water partition coefficient (Wildman–Crippen LogP) is 0.879. The first-order valence-corrected chi connectivity index (χ1v) is 4.44. The zero-order valence-corrected chi connectivity index (χ0v) is 8.27. The van der Waals surface area contributed by atoms with Crippen molar-refractivity contribution < 1.29 is 9.84 Å². The highest BCUT2D eigenvalue weighted by Gasteiger charge is 2.18. The van der Waals surface area contributed by atoms with Gasteiger partial charge < -0.3 is 9.84 Å². The molecule has 0 radical (unpaired) electrons. The smallest absolute Gasteiger partial charge is 0.121 e. The summed E-state index contributed by atoms with van der Waals surface area (Å²) in [6.45, 7) is 4.36. The van der Waals surface area contributed by atoms with Crippen molar-refractivity contribution >= 4 is 0 Å². The van der Waals surface area contributed by atoms with Crippen molar-refractivity contribution in [3.63, 3.8) is 0 Å². The topological polar surface area (TPSA) is 47.3 Å². The molecule has 0 bridgehead atoms. The Kier molecular flexibility index (Phi) is 3.45. The SMILES string of the molecule is CCOC(C)C(O)c1ccnn1C. The lowest BCUT2D eigenvalue weighted by molar-refractivity contribution is -0.0261. The third-order valence-corrected chi connectivity index (χ3v) is 2.04. The van der Waals surface area contributed by atoms with Gasteiger partial charge >= 0.3 is 0 Å². The molecule has 2 unspecified atom stereocenters. The molecule has 1 heterocycles. The Bertz CT molecular complexity index is 260. The number of rotatable bonds is 4. The molecule has 0 aliphatic carbocycles. The van der Waals surface area contributed by atoms with Gasteiger partial charge in [-0.15, -0.1) is 0 Å². The molecule has 0 amide bonds. The third kappa shape index (κ3) is 2.29. The van der Waals surface area contributed by atoms with Crippen LogP contribution in [0, 0.1) is 0 Å². The molecule has 1 aromatic heterocycles. The van der Waals surface area contributed by atoms with Gasteiger partial charge in [0.15, 0.2) is 0 Å². The van der Waals surface area contributed by atoms with Crippen LogP contribution in [-0.4, -0.2) is 27.6 Å². The van der Waals surface area contributed by atoms with Crippen molar-refractivity contribution in [2.75, 3.05) is 6.61 Å². The Hall–Kier alpha value is -0.870. The fourth-order valence-corrected chi connectivity index (χ4v) is 1.27. The standard InChI is InChI=1S/C9H16N2O2/c1-4-13-7(2)9(12)8-5-6-10-11(8)3/h5-7,9,12H,4H2,1-3H3. The first kappa shape index (κ1) is 10.2. The number of ether oxygens (including phenoxy) is 1. The molecular formula is C9H16N2O2. The van der Waals surface area contributed by atoms with Crippen molar-refractivity contribution in [3.05, 3.63) is 18.0 Å². The van der Waals surface area contributed by atoms with E-state index in [0.717, 1.165) is 5.69 Å². The Balaban J connectivity index is 2.67. The first-order chi connectivity index (χ1) is 6.16. The van der Waals surface area contributed by atoms with Gasteiger partial charge in [-0.05, 0) is 19.9 Å². The maximum Gasteiger partial charge on any atom is 0.121 e. The molecule has 1 rings (SSSR count). The highest BCUT2D eigenvalue weighted by molar-refractivity contribution is 5.05. The summed E-state index contributed by atoms with van der Waals surface area (Å²) in [4.78, 5) is 0. The third-order valence-electron chi connectivity index (χ3n) is 2.04. The van der Waals surface area contributed by atoms with Crippen LogP contribution < -0.4 is 0 Å². The minimum Gasteiger partial charge on any atom is -0.384 e. The van der Waals surface area contributed by atoms with E-state index >= 15 is 0 Å². The summed E-state index contributed by atoms with van der Waals surface area (Å²) in [5.41, 5.74) is 0.779. The maximum absolute atomic E-state index is 9.80. The molecule has 0 aliphatic heterocycles. The summed E-state index contributed by atoms with van der Waals surface area (Å²) in [6.07, 6.45) is 0.866. The second-order valence-electron chi connectivity index (χ2n) is 2.98. The lowest BCUT2D eigenvalue weighted by atomic mass is 10.1. The molecule has 4 nitrogen and oxygen atoms in total. The molecular weight excluding hydrogens is 168 g/mol. The quantitative estimate of drug-likeness (QED) is 0.755. The van der Waals surface area contributed by atoms with Gasteiger partial charge in [-0.25, -0.2) is 0 Å². The van der Waals surface area contributed by atoms with Gasteiger partial charge in [0.1, 0.15) is 6.10 Å². The summed E-state index contributed by atoms with van der Waals surface area (Å²) < 4.78 is 6.94. The van der Waals surface area contributed by atoms with E-state index in [-0.39, 0.29) is 6.10 Å². The van der Waals surface area contributed by atoms with Gasteiger partial charge in [0.25, 0.3) is 0 Å². The average molecular weight is 184 g/mol. The zero-order chi connectivity index (χ0) is 9.84. The number of aryl methyl sites for hydroxylation is 1. The minimum atomic E-state index is -0.604. The monoisotopic (exact) mass is 184 g/mol. The number of hydrogen-bond donors (Lipinski definition) is 1. The summed E-state index contributed by atoms with van der Waals surface area (Å²) >= 11 is 0.